The second-order valence-corrected chi connectivity index (χ2v) is 5.13. The van der Waals surface area contributed by atoms with E-state index in [4.69, 9.17) is 4.52 Å². The molecule has 0 aliphatic carbocycles. The highest BCUT2D eigenvalue weighted by Crippen LogP contribution is 2.19. The first kappa shape index (κ1) is 15.2. The van der Waals surface area contributed by atoms with Crippen molar-refractivity contribution in [2.75, 3.05) is 13.1 Å². The third-order valence-electron chi connectivity index (χ3n) is 2.25. The van der Waals surface area contributed by atoms with Gasteiger partial charge < -0.3 is 15.2 Å². The third-order valence-corrected chi connectivity index (χ3v) is 2.25. The van der Waals surface area contributed by atoms with Gasteiger partial charge in [0, 0.05) is 18.5 Å². The molecule has 0 radical (unpaired) electrons. The molecule has 0 atom stereocenters. The van der Waals surface area contributed by atoms with Crippen LogP contribution in [-0.2, 0) is 12.0 Å². The van der Waals surface area contributed by atoms with Crippen molar-refractivity contribution in [2.24, 2.45) is 4.99 Å². The summed E-state index contributed by atoms with van der Waals surface area (Å²) in [6, 6.07) is 0. The zero-order valence-corrected chi connectivity index (χ0v) is 12.2. The van der Waals surface area contributed by atoms with E-state index in [9.17, 15) is 0 Å². The van der Waals surface area contributed by atoms with Gasteiger partial charge in [0.25, 0.3) is 0 Å². The number of nitrogens with one attached hydrogen (secondary N) is 2. The topological polar surface area (TPSA) is 75.3 Å². The summed E-state index contributed by atoms with van der Waals surface area (Å²) in [7, 11) is 0. The van der Waals surface area contributed by atoms with E-state index in [1.54, 1.807) is 6.08 Å². The molecule has 0 aliphatic rings. The Morgan fingerprint density at radius 3 is 2.68 bits per heavy atom. The Kier molecular flexibility index (Phi) is 5.54. The molecule has 6 heteroatoms. The number of nitrogens with zero attached hydrogens (tertiary/aromatic N) is 3. The summed E-state index contributed by atoms with van der Waals surface area (Å²) in [4.78, 5) is 8.71. The van der Waals surface area contributed by atoms with Crippen molar-refractivity contribution in [1.29, 1.82) is 0 Å². The van der Waals surface area contributed by atoms with Gasteiger partial charge in [-0.1, -0.05) is 32.0 Å². The summed E-state index contributed by atoms with van der Waals surface area (Å²) >= 11 is 0. The van der Waals surface area contributed by atoms with Crippen LogP contribution < -0.4 is 10.6 Å². The molecule has 1 heterocycles. The molecule has 106 valence electrons. The first-order chi connectivity index (χ1) is 8.97. The lowest BCUT2D eigenvalue weighted by Gasteiger charge is -2.10. The number of aromatic nitrogens is 2. The van der Waals surface area contributed by atoms with Crippen LogP contribution in [0.4, 0.5) is 0 Å². The van der Waals surface area contributed by atoms with Crippen molar-refractivity contribution in [3.05, 3.63) is 24.4 Å². The number of aliphatic imine (C=N–C) groups is 1. The van der Waals surface area contributed by atoms with E-state index in [0.29, 0.717) is 30.8 Å². The molecule has 19 heavy (non-hydrogen) atoms. The van der Waals surface area contributed by atoms with Gasteiger partial charge in [0.15, 0.2) is 11.8 Å². The standard InChI is InChI=1S/C13H23N5O/c1-6-8-15-12(14-7-2)16-9-10-17-11(19-18-10)13(3,4)5/h6H,1,7-9H2,2-5H3,(H2,14,15,16). The van der Waals surface area contributed by atoms with Crippen molar-refractivity contribution in [2.45, 2.75) is 39.7 Å². The van der Waals surface area contributed by atoms with Gasteiger partial charge in [-0.3, -0.25) is 0 Å². The monoisotopic (exact) mass is 265 g/mol. The Labute approximate surface area is 114 Å². The van der Waals surface area contributed by atoms with Crippen molar-refractivity contribution < 1.29 is 4.52 Å². The van der Waals surface area contributed by atoms with Gasteiger partial charge in [0.1, 0.15) is 6.54 Å². The van der Waals surface area contributed by atoms with Crippen molar-refractivity contribution in [1.82, 2.24) is 20.8 Å². The first-order valence-electron chi connectivity index (χ1n) is 6.43. The summed E-state index contributed by atoms with van der Waals surface area (Å²) in [5, 5.41) is 10.2. The van der Waals surface area contributed by atoms with Gasteiger partial charge in [-0.05, 0) is 6.92 Å². The van der Waals surface area contributed by atoms with Crippen LogP contribution in [0.2, 0.25) is 0 Å². The molecular weight excluding hydrogens is 242 g/mol. The predicted octanol–water partition coefficient (Wildman–Crippen LogP) is 1.61. The molecule has 0 fully saturated rings. The van der Waals surface area contributed by atoms with Gasteiger partial charge >= 0.3 is 0 Å². The second kappa shape index (κ2) is 6.92. The van der Waals surface area contributed by atoms with Crippen LogP contribution in [-0.4, -0.2) is 29.2 Å². The molecule has 1 rings (SSSR count). The molecule has 0 bridgehead atoms. The summed E-state index contributed by atoms with van der Waals surface area (Å²) in [6.45, 7) is 13.6. The molecule has 0 unspecified atom stereocenters. The highest BCUT2D eigenvalue weighted by Gasteiger charge is 2.21. The van der Waals surface area contributed by atoms with Gasteiger partial charge in [-0.15, -0.1) is 6.58 Å². The predicted molar refractivity (Wildman–Crippen MR) is 76.0 cm³/mol. The largest absolute Gasteiger partial charge is 0.357 e. The molecule has 0 saturated heterocycles. The average molecular weight is 265 g/mol. The van der Waals surface area contributed by atoms with Crippen LogP contribution in [0.1, 0.15) is 39.4 Å². The maximum absolute atomic E-state index is 5.22. The lowest BCUT2D eigenvalue weighted by atomic mass is 9.97. The lowest BCUT2D eigenvalue weighted by Crippen LogP contribution is -2.37. The molecule has 2 N–H and O–H groups in total. The SMILES string of the molecule is C=CCNC(=NCc1noc(C(C)(C)C)n1)NCC. The van der Waals surface area contributed by atoms with Gasteiger partial charge in [-0.2, -0.15) is 4.98 Å². The first-order valence-corrected chi connectivity index (χ1v) is 6.43. The van der Waals surface area contributed by atoms with Gasteiger partial charge in [0.05, 0.1) is 0 Å². The van der Waals surface area contributed by atoms with E-state index in [2.05, 4.69) is 32.3 Å². The number of rotatable bonds is 5. The maximum Gasteiger partial charge on any atom is 0.232 e. The Hall–Kier alpha value is -1.85. The number of hydrogen-bond donors (Lipinski definition) is 2. The van der Waals surface area contributed by atoms with Crippen LogP contribution in [0.5, 0.6) is 0 Å². The molecule has 0 amide bonds. The Morgan fingerprint density at radius 2 is 2.16 bits per heavy atom. The number of hydrogen-bond acceptors (Lipinski definition) is 4. The van der Waals surface area contributed by atoms with E-state index in [1.165, 1.54) is 0 Å². The zero-order valence-electron chi connectivity index (χ0n) is 12.2. The Bertz CT molecular complexity index is 430. The maximum atomic E-state index is 5.22. The minimum Gasteiger partial charge on any atom is -0.357 e. The van der Waals surface area contributed by atoms with Crippen molar-refractivity contribution >= 4 is 5.96 Å². The van der Waals surface area contributed by atoms with Crippen LogP contribution in [0.25, 0.3) is 0 Å². The Balaban J connectivity index is 2.66. The fraction of sp³-hybridized carbons (Fsp3) is 0.615. The zero-order chi connectivity index (χ0) is 14.3. The van der Waals surface area contributed by atoms with Crippen molar-refractivity contribution in [3.63, 3.8) is 0 Å². The molecular formula is C13H23N5O. The van der Waals surface area contributed by atoms with E-state index in [0.717, 1.165) is 6.54 Å². The van der Waals surface area contributed by atoms with E-state index in [-0.39, 0.29) is 5.41 Å². The average Bonchev–Trinajstić information content (AvgIpc) is 2.81. The summed E-state index contributed by atoms with van der Waals surface area (Å²) < 4.78 is 5.22. The minimum absolute atomic E-state index is 0.138. The van der Waals surface area contributed by atoms with Crippen LogP contribution in [0.3, 0.4) is 0 Å². The molecule has 0 spiro atoms. The van der Waals surface area contributed by atoms with E-state index in [1.807, 2.05) is 27.7 Å². The molecule has 0 aliphatic heterocycles. The summed E-state index contributed by atoms with van der Waals surface area (Å²) in [5.74, 6) is 1.92. The highest BCUT2D eigenvalue weighted by atomic mass is 16.5. The molecule has 0 aromatic carbocycles. The Morgan fingerprint density at radius 1 is 1.42 bits per heavy atom. The minimum atomic E-state index is -0.138. The molecule has 1 aromatic rings. The molecule has 1 aromatic heterocycles. The number of guanidine groups is 1. The van der Waals surface area contributed by atoms with Gasteiger partial charge in [0.2, 0.25) is 5.89 Å². The molecule has 6 nitrogen and oxygen atoms in total. The fourth-order valence-corrected chi connectivity index (χ4v) is 1.28. The smallest absolute Gasteiger partial charge is 0.232 e. The van der Waals surface area contributed by atoms with E-state index < -0.39 is 0 Å². The van der Waals surface area contributed by atoms with Crippen LogP contribution >= 0.6 is 0 Å². The summed E-state index contributed by atoms with van der Waals surface area (Å²) in [5.41, 5.74) is -0.138. The quantitative estimate of drug-likeness (QED) is 0.480. The highest BCUT2D eigenvalue weighted by molar-refractivity contribution is 5.79. The van der Waals surface area contributed by atoms with Gasteiger partial charge in [-0.25, -0.2) is 4.99 Å². The van der Waals surface area contributed by atoms with Crippen molar-refractivity contribution in [3.8, 4) is 0 Å². The lowest BCUT2D eigenvalue weighted by molar-refractivity contribution is 0.318. The van der Waals surface area contributed by atoms with Crippen LogP contribution in [0.15, 0.2) is 22.2 Å². The third kappa shape index (κ3) is 5.11. The molecule has 0 saturated carbocycles. The second-order valence-electron chi connectivity index (χ2n) is 5.13. The summed E-state index contributed by atoms with van der Waals surface area (Å²) in [6.07, 6.45) is 1.78. The van der Waals surface area contributed by atoms with Crippen LogP contribution in [0, 0.1) is 0 Å². The van der Waals surface area contributed by atoms with E-state index >= 15 is 0 Å². The fourth-order valence-electron chi connectivity index (χ4n) is 1.28. The normalized spacial score (nSPS) is 12.3.